The van der Waals surface area contributed by atoms with Crippen LogP contribution in [0, 0.1) is 11.3 Å². The molecule has 0 spiro atoms. The Morgan fingerprint density at radius 1 is 1.23 bits per heavy atom. The van der Waals surface area contributed by atoms with E-state index < -0.39 is 8.32 Å². The standard InChI is InChI=1S/C26H42O4Si/c1-20(18-30-31(7,8)25(2,3)4)13-15-26(5)16-14-24(23(26)17-27)29-19-21-9-11-22(28-6)12-10-21/h9-13,17,23-24H,14-16,18-19H2,1-8H3/b20-13-/t23-,24-,26-/m1/s1. The van der Waals surface area contributed by atoms with E-state index in [-0.39, 0.29) is 22.5 Å². The lowest BCUT2D eigenvalue weighted by Crippen LogP contribution is -2.41. The number of hydrogen-bond donors (Lipinski definition) is 0. The number of carbonyl (C=O) groups excluding carboxylic acids is 1. The summed E-state index contributed by atoms with van der Waals surface area (Å²) in [6.07, 6.45) is 6.16. The number of hydrogen-bond acceptors (Lipinski definition) is 4. The van der Waals surface area contributed by atoms with Crippen LogP contribution in [-0.4, -0.2) is 34.4 Å². The van der Waals surface area contributed by atoms with Crippen LogP contribution >= 0.6 is 0 Å². The minimum atomic E-state index is -1.75. The molecule has 0 heterocycles. The predicted molar refractivity (Wildman–Crippen MR) is 130 cm³/mol. The molecule has 174 valence electrons. The maximum Gasteiger partial charge on any atom is 0.192 e. The number of methoxy groups -OCH3 is 1. The molecule has 0 N–H and O–H groups in total. The third-order valence-corrected chi connectivity index (χ3v) is 11.8. The van der Waals surface area contributed by atoms with Crippen molar-refractivity contribution < 1.29 is 18.7 Å². The molecule has 4 nitrogen and oxygen atoms in total. The zero-order chi connectivity index (χ0) is 23.3. The summed E-state index contributed by atoms with van der Waals surface area (Å²) in [6, 6.07) is 7.90. The van der Waals surface area contributed by atoms with Crippen LogP contribution in [0.15, 0.2) is 35.9 Å². The van der Waals surface area contributed by atoms with Gasteiger partial charge < -0.3 is 18.7 Å². The van der Waals surface area contributed by atoms with Gasteiger partial charge in [-0.15, -0.1) is 0 Å². The SMILES string of the molecule is COc1ccc(CO[C@@H]2CC[C@@](C)(C/C=C(/C)CO[Si](C)(C)C(C)(C)C)[C@@H]2C=O)cc1. The van der Waals surface area contributed by atoms with E-state index in [2.05, 4.69) is 53.8 Å². The number of ether oxygens (including phenoxy) is 2. The molecule has 5 heteroatoms. The number of aldehydes is 1. The normalized spacial score (nSPS) is 25.0. The molecule has 0 bridgehead atoms. The van der Waals surface area contributed by atoms with Crippen molar-refractivity contribution in [2.75, 3.05) is 13.7 Å². The van der Waals surface area contributed by atoms with Crippen molar-refractivity contribution in [2.45, 2.75) is 84.7 Å². The summed E-state index contributed by atoms with van der Waals surface area (Å²) in [7, 11) is -0.0903. The van der Waals surface area contributed by atoms with E-state index in [1.807, 2.05) is 24.3 Å². The molecule has 0 saturated heterocycles. The maximum absolute atomic E-state index is 12.0. The zero-order valence-electron chi connectivity index (χ0n) is 20.8. The molecule has 0 radical (unpaired) electrons. The van der Waals surface area contributed by atoms with Gasteiger partial charge in [-0.05, 0) is 67.4 Å². The van der Waals surface area contributed by atoms with Crippen molar-refractivity contribution >= 4 is 14.6 Å². The van der Waals surface area contributed by atoms with Gasteiger partial charge in [-0.1, -0.05) is 51.5 Å². The molecule has 0 amide bonds. The average molecular weight is 447 g/mol. The third-order valence-electron chi connectivity index (χ3n) is 7.36. The second-order valence-corrected chi connectivity index (χ2v) is 15.7. The highest BCUT2D eigenvalue weighted by Crippen LogP contribution is 2.47. The number of allylic oxidation sites excluding steroid dienone is 1. The third kappa shape index (κ3) is 6.77. The smallest absolute Gasteiger partial charge is 0.192 e. The van der Waals surface area contributed by atoms with E-state index in [1.54, 1.807) is 7.11 Å². The van der Waals surface area contributed by atoms with Crippen LogP contribution in [0.3, 0.4) is 0 Å². The van der Waals surface area contributed by atoms with Crippen LogP contribution in [0.4, 0.5) is 0 Å². The van der Waals surface area contributed by atoms with E-state index in [9.17, 15) is 4.79 Å². The summed E-state index contributed by atoms with van der Waals surface area (Å²) < 4.78 is 17.7. The molecule has 1 aromatic rings. The van der Waals surface area contributed by atoms with Gasteiger partial charge in [-0.3, -0.25) is 0 Å². The summed E-state index contributed by atoms with van der Waals surface area (Å²) in [5.41, 5.74) is 2.28. The van der Waals surface area contributed by atoms with Crippen LogP contribution in [0.2, 0.25) is 18.1 Å². The van der Waals surface area contributed by atoms with E-state index in [0.29, 0.717) is 13.2 Å². The molecule has 2 rings (SSSR count). The Morgan fingerprint density at radius 3 is 2.42 bits per heavy atom. The summed E-state index contributed by atoms with van der Waals surface area (Å²) in [5, 5.41) is 0.210. The highest BCUT2D eigenvalue weighted by atomic mass is 28.4. The molecular formula is C26H42O4Si. The van der Waals surface area contributed by atoms with Gasteiger partial charge in [0.1, 0.15) is 12.0 Å². The zero-order valence-corrected chi connectivity index (χ0v) is 21.8. The van der Waals surface area contributed by atoms with Gasteiger partial charge in [-0.25, -0.2) is 0 Å². The minimum absolute atomic E-state index is 0.0261. The molecule has 0 aliphatic heterocycles. The highest BCUT2D eigenvalue weighted by molar-refractivity contribution is 6.74. The average Bonchev–Trinajstić information content (AvgIpc) is 3.04. The first-order valence-corrected chi connectivity index (χ1v) is 14.3. The minimum Gasteiger partial charge on any atom is -0.497 e. The van der Waals surface area contributed by atoms with Gasteiger partial charge in [0.25, 0.3) is 0 Å². The fourth-order valence-corrected chi connectivity index (χ4v) is 4.87. The molecular weight excluding hydrogens is 404 g/mol. The van der Waals surface area contributed by atoms with Crippen LogP contribution in [-0.2, 0) is 20.6 Å². The summed E-state index contributed by atoms with van der Waals surface area (Å²) >= 11 is 0. The molecule has 1 aliphatic rings. The molecule has 0 aromatic heterocycles. The molecule has 1 saturated carbocycles. The largest absolute Gasteiger partial charge is 0.497 e. The van der Waals surface area contributed by atoms with Crippen molar-refractivity contribution in [1.82, 2.24) is 0 Å². The van der Waals surface area contributed by atoms with Gasteiger partial charge >= 0.3 is 0 Å². The van der Waals surface area contributed by atoms with Crippen LogP contribution < -0.4 is 4.74 Å². The Balaban J connectivity index is 1.93. The number of benzene rings is 1. The molecule has 3 atom stereocenters. The van der Waals surface area contributed by atoms with Crippen LogP contribution in [0.5, 0.6) is 5.75 Å². The van der Waals surface area contributed by atoms with Crippen LogP contribution in [0.25, 0.3) is 0 Å². The maximum atomic E-state index is 12.0. The van der Waals surface area contributed by atoms with Gasteiger partial charge in [-0.2, -0.15) is 0 Å². The first kappa shape index (κ1) is 25.8. The lowest BCUT2D eigenvalue weighted by molar-refractivity contribution is -0.119. The van der Waals surface area contributed by atoms with E-state index in [4.69, 9.17) is 13.9 Å². The quantitative estimate of drug-likeness (QED) is 0.232. The Labute approximate surface area is 190 Å². The highest BCUT2D eigenvalue weighted by Gasteiger charge is 2.45. The molecule has 31 heavy (non-hydrogen) atoms. The second-order valence-electron chi connectivity index (χ2n) is 10.9. The van der Waals surface area contributed by atoms with E-state index >= 15 is 0 Å². The Kier molecular flexibility index (Phi) is 8.71. The molecule has 1 fully saturated rings. The Bertz CT molecular complexity index is 748. The van der Waals surface area contributed by atoms with Gasteiger partial charge in [0.2, 0.25) is 0 Å². The number of carbonyl (C=O) groups is 1. The van der Waals surface area contributed by atoms with Gasteiger partial charge in [0, 0.05) is 5.92 Å². The monoisotopic (exact) mass is 446 g/mol. The molecule has 0 unspecified atom stereocenters. The first-order chi connectivity index (χ1) is 14.4. The fraction of sp³-hybridized carbons (Fsp3) is 0.654. The van der Waals surface area contributed by atoms with E-state index in [0.717, 1.165) is 36.9 Å². The Morgan fingerprint density at radius 2 is 1.87 bits per heavy atom. The van der Waals surface area contributed by atoms with E-state index in [1.165, 1.54) is 5.57 Å². The summed E-state index contributed by atoms with van der Waals surface area (Å²) in [5.74, 6) is 0.749. The van der Waals surface area contributed by atoms with Gasteiger partial charge in [0.05, 0.1) is 26.4 Å². The number of rotatable bonds is 10. The Hall–Kier alpha value is -1.43. The van der Waals surface area contributed by atoms with Crippen LogP contribution in [0.1, 0.15) is 59.4 Å². The van der Waals surface area contributed by atoms with Gasteiger partial charge in [0.15, 0.2) is 8.32 Å². The molecule has 1 aliphatic carbocycles. The second kappa shape index (κ2) is 10.5. The van der Waals surface area contributed by atoms with Crippen molar-refractivity contribution in [1.29, 1.82) is 0 Å². The van der Waals surface area contributed by atoms with Crippen molar-refractivity contribution in [2.24, 2.45) is 11.3 Å². The summed E-state index contributed by atoms with van der Waals surface area (Å²) in [4.78, 5) is 12.0. The predicted octanol–water partition coefficient (Wildman–Crippen LogP) is 6.55. The lowest BCUT2D eigenvalue weighted by Gasteiger charge is -2.36. The summed E-state index contributed by atoms with van der Waals surface area (Å²) in [6.45, 7) is 16.9. The first-order valence-electron chi connectivity index (χ1n) is 11.4. The van der Waals surface area contributed by atoms with Crippen molar-refractivity contribution in [3.05, 3.63) is 41.5 Å². The van der Waals surface area contributed by atoms with Crippen molar-refractivity contribution in [3.63, 3.8) is 0 Å². The lowest BCUT2D eigenvalue weighted by atomic mass is 9.77. The topological polar surface area (TPSA) is 44.8 Å². The molecule has 1 aromatic carbocycles. The fourth-order valence-electron chi connectivity index (χ4n) is 3.85. The van der Waals surface area contributed by atoms with Crippen molar-refractivity contribution in [3.8, 4) is 5.75 Å².